The quantitative estimate of drug-likeness (QED) is 0.630. The normalized spacial score (nSPS) is 9.70. The van der Waals surface area contributed by atoms with Gasteiger partial charge >= 0.3 is 0 Å². The molecular formula is C8H10NO. The number of nitrogens with zero attached hydrogens (tertiary/aromatic N) is 1. The Balaban J connectivity index is 2.43. The number of hydrogen-bond acceptors (Lipinski definition) is 2. The van der Waals surface area contributed by atoms with Crippen molar-refractivity contribution in [2.45, 2.75) is 6.92 Å². The van der Waals surface area contributed by atoms with E-state index in [1.165, 1.54) is 0 Å². The van der Waals surface area contributed by atoms with E-state index >= 15 is 0 Å². The van der Waals surface area contributed by atoms with Crippen molar-refractivity contribution in [2.75, 3.05) is 6.61 Å². The van der Waals surface area contributed by atoms with Gasteiger partial charge in [0, 0.05) is 19.0 Å². The van der Waals surface area contributed by atoms with Crippen molar-refractivity contribution in [3.05, 3.63) is 36.7 Å². The summed E-state index contributed by atoms with van der Waals surface area (Å²) in [4.78, 5) is 3.88. The van der Waals surface area contributed by atoms with Gasteiger partial charge in [-0.25, -0.2) is 0 Å². The van der Waals surface area contributed by atoms with Crippen molar-refractivity contribution in [1.82, 2.24) is 4.98 Å². The minimum atomic E-state index is 0.711. The first-order valence-electron chi connectivity index (χ1n) is 3.28. The Bertz CT molecular complexity index is 174. The highest BCUT2D eigenvalue weighted by Gasteiger charge is 1.88. The summed E-state index contributed by atoms with van der Waals surface area (Å²) in [6.07, 6.45) is 3.48. The van der Waals surface area contributed by atoms with Crippen molar-refractivity contribution in [3.63, 3.8) is 0 Å². The number of pyridine rings is 1. The third kappa shape index (κ3) is 2.15. The second-order valence-electron chi connectivity index (χ2n) is 1.85. The fourth-order valence-electron chi connectivity index (χ4n) is 0.622. The van der Waals surface area contributed by atoms with Crippen LogP contribution in [0.2, 0.25) is 0 Å². The zero-order chi connectivity index (χ0) is 7.23. The molecule has 1 radical (unpaired) electrons. The molecule has 1 heterocycles. The van der Waals surface area contributed by atoms with Crippen LogP contribution in [0, 0.1) is 6.61 Å². The van der Waals surface area contributed by atoms with Gasteiger partial charge in [-0.3, -0.25) is 4.98 Å². The Labute approximate surface area is 60.9 Å². The molecule has 10 heavy (non-hydrogen) atoms. The summed E-state index contributed by atoms with van der Waals surface area (Å²) in [6, 6.07) is 3.80. The molecule has 0 saturated carbocycles. The maximum Gasteiger partial charge on any atom is 0.113 e. The molecule has 1 rings (SSSR count). The maximum atomic E-state index is 5.07. The van der Waals surface area contributed by atoms with Gasteiger partial charge in [0.05, 0.1) is 0 Å². The zero-order valence-corrected chi connectivity index (χ0v) is 5.95. The fourth-order valence-corrected chi connectivity index (χ4v) is 0.622. The van der Waals surface area contributed by atoms with Gasteiger partial charge in [0.25, 0.3) is 0 Å². The van der Waals surface area contributed by atoms with E-state index < -0.39 is 0 Å². The second-order valence-corrected chi connectivity index (χ2v) is 1.85. The molecule has 0 aromatic carbocycles. The largest absolute Gasteiger partial charge is 0.371 e. The molecule has 0 atom stereocenters. The van der Waals surface area contributed by atoms with Gasteiger partial charge in [-0.15, -0.1) is 0 Å². The van der Waals surface area contributed by atoms with Gasteiger partial charge in [-0.2, -0.15) is 0 Å². The Morgan fingerprint density at radius 2 is 2.20 bits per heavy atom. The fraction of sp³-hybridized carbons (Fsp3) is 0.250. The molecule has 0 aliphatic heterocycles. The summed E-state index contributed by atoms with van der Waals surface area (Å²) in [6.45, 7) is 4.39. The number of hydrogen-bond donors (Lipinski definition) is 0. The van der Waals surface area contributed by atoms with Crippen LogP contribution in [0.25, 0.3) is 0 Å². The third-order valence-electron chi connectivity index (χ3n) is 1.09. The first-order valence-corrected chi connectivity index (χ1v) is 3.28. The monoisotopic (exact) mass is 136 g/mol. The summed E-state index contributed by atoms with van der Waals surface area (Å²) < 4.78 is 5.07. The zero-order valence-electron chi connectivity index (χ0n) is 5.95. The topological polar surface area (TPSA) is 22.1 Å². The van der Waals surface area contributed by atoms with Crippen LogP contribution < -0.4 is 0 Å². The van der Waals surface area contributed by atoms with Crippen LogP contribution >= 0.6 is 0 Å². The molecule has 2 nitrogen and oxygen atoms in total. The summed E-state index contributed by atoms with van der Waals surface area (Å²) in [5.74, 6) is 0. The summed E-state index contributed by atoms with van der Waals surface area (Å²) in [5, 5.41) is 0. The first-order chi connectivity index (χ1) is 4.93. The van der Waals surface area contributed by atoms with Gasteiger partial charge in [-0.05, 0) is 24.6 Å². The molecular weight excluding hydrogens is 126 g/mol. The standard InChI is InChI=1S/C8H10NO/c1-2-10-7-8-3-5-9-6-4-8/h3-7H,2H2,1H3. The molecule has 0 unspecified atom stereocenters. The number of ether oxygens (including phenoxy) is 1. The van der Waals surface area contributed by atoms with Crippen LogP contribution in [0.3, 0.4) is 0 Å². The predicted molar refractivity (Wildman–Crippen MR) is 39.3 cm³/mol. The van der Waals surface area contributed by atoms with E-state index in [0.717, 1.165) is 5.56 Å². The van der Waals surface area contributed by atoms with Gasteiger partial charge in [0.2, 0.25) is 0 Å². The molecule has 53 valence electrons. The maximum absolute atomic E-state index is 5.07. The van der Waals surface area contributed by atoms with Crippen molar-refractivity contribution < 1.29 is 4.74 Å². The molecule has 1 aromatic heterocycles. The minimum absolute atomic E-state index is 0.711. The highest BCUT2D eigenvalue weighted by molar-refractivity contribution is 5.15. The summed E-state index contributed by atoms with van der Waals surface area (Å²) in [7, 11) is 0. The first kappa shape index (κ1) is 7.22. The average Bonchev–Trinajstić information content (AvgIpc) is 2.03. The molecule has 0 aliphatic rings. The molecule has 0 spiro atoms. The van der Waals surface area contributed by atoms with Crippen LogP contribution in [-0.4, -0.2) is 11.6 Å². The van der Waals surface area contributed by atoms with Crippen LogP contribution in [0.15, 0.2) is 24.5 Å². The highest BCUT2D eigenvalue weighted by atomic mass is 16.5. The minimum Gasteiger partial charge on any atom is -0.371 e. The lowest BCUT2D eigenvalue weighted by Crippen LogP contribution is -1.87. The lowest BCUT2D eigenvalue weighted by Gasteiger charge is -1.97. The smallest absolute Gasteiger partial charge is 0.113 e. The Morgan fingerprint density at radius 3 is 2.80 bits per heavy atom. The Hall–Kier alpha value is -0.890. The van der Waals surface area contributed by atoms with Gasteiger partial charge in [-0.1, -0.05) is 0 Å². The van der Waals surface area contributed by atoms with E-state index in [9.17, 15) is 0 Å². The van der Waals surface area contributed by atoms with E-state index in [0.29, 0.717) is 6.61 Å². The SMILES string of the molecule is CCO[CH]c1ccncc1. The van der Waals surface area contributed by atoms with Crippen molar-refractivity contribution in [1.29, 1.82) is 0 Å². The molecule has 0 fully saturated rings. The van der Waals surface area contributed by atoms with Crippen molar-refractivity contribution in [2.24, 2.45) is 0 Å². The van der Waals surface area contributed by atoms with E-state index in [4.69, 9.17) is 4.74 Å². The predicted octanol–water partition coefficient (Wildman–Crippen LogP) is 1.63. The van der Waals surface area contributed by atoms with Crippen molar-refractivity contribution >= 4 is 0 Å². The molecule has 1 aromatic rings. The highest BCUT2D eigenvalue weighted by Crippen LogP contribution is 1.99. The van der Waals surface area contributed by atoms with Gasteiger partial charge < -0.3 is 4.74 Å². The van der Waals surface area contributed by atoms with E-state index in [1.807, 2.05) is 19.1 Å². The van der Waals surface area contributed by atoms with Crippen LogP contribution in [-0.2, 0) is 4.74 Å². The van der Waals surface area contributed by atoms with Gasteiger partial charge in [0.1, 0.15) is 6.61 Å². The molecule has 0 saturated heterocycles. The van der Waals surface area contributed by atoms with E-state index in [2.05, 4.69) is 4.98 Å². The van der Waals surface area contributed by atoms with E-state index in [-0.39, 0.29) is 0 Å². The summed E-state index contributed by atoms with van der Waals surface area (Å²) in [5.41, 5.74) is 1.05. The molecule has 0 amide bonds. The lowest BCUT2D eigenvalue weighted by atomic mass is 10.3. The number of aromatic nitrogens is 1. The van der Waals surface area contributed by atoms with Crippen LogP contribution in [0.4, 0.5) is 0 Å². The van der Waals surface area contributed by atoms with Gasteiger partial charge in [0.15, 0.2) is 0 Å². The molecule has 2 heteroatoms. The molecule has 0 bridgehead atoms. The van der Waals surface area contributed by atoms with E-state index in [1.54, 1.807) is 19.0 Å². The third-order valence-corrected chi connectivity index (χ3v) is 1.09. The number of rotatable bonds is 3. The molecule has 0 N–H and O–H groups in total. The summed E-state index contributed by atoms with van der Waals surface area (Å²) >= 11 is 0. The lowest BCUT2D eigenvalue weighted by molar-refractivity contribution is 0.230. The van der Waals surface area contributed by atoms with Crippen LogP contribution in [0.5, 0.6) is 0 Å². The Morgan fingerprint density at radius 1 is 1.50 bits per heavy atom. The second kappa shape index (κ2) is 4.01. The van der Waals surface area contributed by atoms with Crippen LogP contribution in [0.1, 0.15) is 12.5 Å². The average molecular weight is 136 g/mol. The Kier molecular flexibility index (Phi) is 2.90. The molecule has 0 aliphatic carbocycles. The van der Waals surface area contributed by atoms with Crippen molar-refractivity contribution in [3.8, 4) is 0 Å².